The third kappa shape index (κ3) is 1.82. The van der Waals surface area contributed by atoms with Crippen LogP contribution < -0.4 is 0 Å². The van der Waals surface area contributed by atoms with Gasteiger partial charge < -0.3 is 5.11 Å². The summed E-state index contributed by atoms with van der Waals surface area (Å²) in [6.45, 7) is 2.73. The zero-order chi connectivity index (χ0) is 13.4. The van der Waals surface area contributed by atoms with Crippen molar-refractivity contribution < 1.29 is 9.90 Å². The van der Waals surface area contributed by atoms with Crippen molar-refractivity contribution in [2.75, 3.05) is 0 Å². The Morgan fingerprint density at radius 2 is 2.11 bits per heavy atom. The third-order valence-electron chi connectivity index (χ3n) is 3.04. The van der Waals surface area contributed by atoms with Gasteiger partial charge in [-0.15, -0.1) is 11.3 Å². The Hall–Kier alpha value is -2.14. The molecular formula is C14H12N2O2S. The average Bonchev–Trinajstić information content (AvgIpc) is 2.98. The number of nitrogens with zero attached hydrogens (tertiary/aromatic N) is 2. The molecule has 0 unspecified atom stereocenters. The van der Waals surface area contributed by atoms with Gasteiger partial charge in [0, 0.05) is 17.5 Å². The van der Waals surface area contributed by atoms with Crippen LogP contribution in [-0.4, -0.2) is 20.9 Å². The monoisotopic (exact) mass is 272 g/mol. The summed E-state index contributed by atoms with van der Waals surface area (Å²) >= 11 is 1.43. The molecule has 0 aliphatic heterocycles. The first-order valence-electron chi connectivity index (χ1n) is 5.99. The molecule has 0 aliphatic rings. The molecule has 0 saturated heterocycles. The maximum Gasteiger partial charge on any atom is 0.337 e. The summed E-state index contributed by atoms with van der Waals surface area (Å²) in [6.07, 6.45) is 0. The highest BCUT2D eigenvalue weighted by molar-refractivity contribution is 7.17. The van der Waals surface area contributed by atoms with E-state index in [1.165, 1.54) is 11.3 Å². The van der Waals surface area contributed by atoms with E-state index < -0.39 is 5.97 Å². The quantitative estimate of drug-likeness (QED) is 0.794. The Bertz CT molecular complexity index is 743. The van der Waals surface area contributed by atoms with E-state index in [1.54, 1.807) is 5.38 Å². The van der Waals surface area contributed by atoms with Crippen molar-refractivity contribution in [2.24, 2.45) is 0 Å². The van der Waals surface area contributed by atoms with Gasteiger partial charge >= 0.3 is 5.97 Å². The standard InChI is InChI=1S/C14H12N2O2S/c1-2-16-13-11(10(8-19-13)14(17)18)12(15-16)9-6-4-3-5-7-9/h3-8H,2H2,1H3,(H,17,18). The summed E-state index contributed by atoms with van der Waals surface area (Å²) in [7, 11) is 0. The first-order chi connectivity index (χ1) is 9.22. The summed E-state index contributed by atoms with van der Waals surface area (Å²) in [5, 5.41) is 16.3. The molecule has 3 aromatic rings. The lowest BCUT2D eigenvalue weighted by molar-refractivity contribution is 0.0699. The normalized spacial score (nSPS) is 11.0. The van der Waals surface area contributed by atoms with Crippen molar-refractivity contribution in [3.05, 3.63) is 41.3 Å². The second-order valence-electron chi connectivity index (χ2n) is 4.17. The van der Waals surface area contributed by atoms with E-state index in [1.807, 2.05) is 41.9 Å². The molecule has 0 radical (unpaired) electrons. The van der Waals surface area contributed by atoms with Crippen LogP contribution in [0.4, 0.5) is 0 Å². The number of carboxylic acids is 1. The van der Waals surface area contributed by atoms with E-state index in [2.05, 4.69) is 5.10 Å². The van der Waals surface area contributed by atoms with Gasteiger partial charge in [0.15, 0.2) is 0 Å². The number of carbonyl (C=O) groups is 1. The minimum Gasteiger partial charge on any atom is -0.478 e. The maximum absolute atomic E-state index is 11.3. The lowest BCUT2D eigenvalue weighted by atomic mass is 10.1. The zero-order valence-corrected chi connectivity index (χ0v) is 11.1. The summed E-state index contributed by atoms with van der Waals surface area (Å²) in [5.74, 6) is -0.904. The molecule has 4 nitrogen and oxygen atoms in total. The zero-order valence-electron chi connectivity index (χ0n) is 10.3. The molecule has 19 heavy (non-hydrogen) atoms. The highest BCUT2D eigenvalue weighted by Gasteiger charge is 2.20. The number of aromatic carboxylic acids is 1. The Labute approximate surface area is 113 Å². The van der Waals surface area contributed by atoms with Gasteiger partial charge in [-0.2, -0.15) is 5.10 Å². The number of fused-ring (bicyclic) bond motifs is 1. The molecule has 1 N–H and O–H groups in total. The van der Waals surface area contributed by atoms with Crippen molar-refractivity contribution >= 4 is 27.5 Å². The molecule has 1 aromatic carbocycles. The number of hydrogen-bond acceptors (Lipinski definition) is 3. The van der Waals surface area contributed by atoms with E-state index in [-0.39, 0.29) is 0 Å². The topological polar surface area (TPSA) is 55.1 Å². The first-order valence-corrected chi connectivity index (χ1v) is 6.87. The van der Waals surface area contributed by atoms with Crippen LogP contribution >= 0.6 is 11.3 Å². The van der Waals surface area contributed by atoms with Crippen LogP contribution in [-0.2, 0) is 6.54 Å². The summed E-state index contributed by atoms with van der Waals surface area (Å²) in [6, 6.07) is 9.69. The summed E-state index contributed by atoms with van der Waals surface area (Å²) < 4.78 is 1.86. The average molecular weight is 272 g/mol. The fourth-order valence-corrected chi connectivity index (χ4v) is 3.22. The summed E-state index contributed by atoms with van der Waals surface area (Å²) in [5.41, 5.74) is 2.02. The number of carboxylic acid groups (broad SMARTS) is 1. The van der Waals surface area contributed by atoms with Gasteiger partial charge in [-0.3, -0.25) is 4.68 Å². The molecule has 5 heteroatoms. The van der Waals surface area contributed by atoms with E-state index in [0.717, 1.165) is 28.0 Å². The van der Waals surface area contributed by atoms with Crippen molar-refractivity contribution in [1.29, 1.82) is 0 Å². The molecule has 2 heterocycles. The fraction of sp³-hybridized carbons (Fsp3) is 0.143. The first kappa shape index (κ1) is 11.9. The molecule has 0 bridgehead atoms. The number of rotatable bonds is 3. The number of hydrogen-bond donors (Lipinski definition) is 1. The third-order valence-corrected chi connectivity index (χ3v) is 4.03. The van der Waals surface area contributed by atoms with Crippen LogP contribution in [0.5, 0.6) is 0 Å². The molecular weight excluding hydrogens is 260 g/mol. The van der Waals surface area contributed by atoms with Gasteiger partial charge in [0.05, 0.1) is 10.9 Å². The number of benzene rings is 1. The minimum absolute atomic E-state index is 0.332. The van der Waals surface area contributed by atoms with Gasteiger partial charge in [0.25, 0.3) is 0 Å². The van der Waals surface area contributed by atoms with Crippen molar-refractivity contribution in [3.63, 3.8) is 0 Å². The number of thiophene rings is 1. The van der Waals surface area contributed by atoms with Gasteiger partial charge in [0.1, 0.15) is 10.5 Å². The second-order valence-corrected chi connectivity index (χ2v) is 5.02. The predicted octanol–water partition coefficient (Wildman–Crippen LogP) is 3.48. The molecule has 96 valence electrons. The van der Waals surface area contributed by atoms with Crippen molar-refractivity contribution in [2.45, 2.75) is 13.5 Å². The Balaban J connectivity index is 2.35. The largest absolute Gasteiger partial charge is 0.478 e. The summed E-state index contributed by atoms with van der Waals surface area (Å²) in [4.78, 5) is 12.2. The van der Waals surface area contributed by atoms with E-state index in [4.69, 9.17) is 0 Å². The van der Waals surface area contributed by atoms with Gasteiger partial charge in [-0.1, -0.05) is 30.3 Å². The Kier molecular flexibility index (Phi) is 2.83. The SMILES string of the molecule is CCn1nc(-c2ccccc2)c2c(C(=O)O)csc21. The van der Waals surface area contributed by atoms with Gasteiger partial charge in [0.2, 0.25) is 0 Å². The Morgan fingerprint density at radius 1 is 1.37 bits per heavy atom. The minimum atomic E-state index is -0.904. The van der Waals surface area contributed by atoms with Crippen LogP contribution in [0.25, 0.3) is 21.5 Å². The predicted molar refractivity (Wildman–Crippen MR) is 75.7 cm³/mol. The van der Waals surface area contributed by atoms with Crippen LogP contribution in [0.15, 0.2) is 35.7 Å². The number of aromatic nitrogens is 2. The van der Waals surface area contributed by atoms with Crippen LogP contribution in [0, 0.1) is 0 Å². The highest BCUT2D eigenvalue weighted by atomic mass is 32.1. The van der Waals surface area contributed by atoms with Crippen molar-refractivity contribution in [3.8, 4) is 11.3 Å². The lowest BCUT2D eigenvalue weighted by Gasteiger charge is -1.97. The molecule has 3 rings (SSSR count). The molecule has 0 atom stereocenters. The molecule has 0 amide bonds. The highest BCUT2D eigenvalue weighted by Crippen LogP contribution is 2.34. The maximum atomic E-state index is 11.3. The Morgan fingerprint density at radius 3 is 2.74 bits per heavy atom. The molecule has 0 fully saturated rings. The lowest BCUT2D eigenvalue weighted by Crippen LogP contribution is -1.95. The van der Waals surface area contributed by atoms with Gasteiger partial charge in [-0.05, 0) is 6.92 Å². The van der Waals surface area contributed by atoms with Crippen LogP contribution in [0.1, 0.15) is 17.3 Å². The van der Waals surface area contributed by atoms with Gasteiger partial charge in [-0.25, -0.2) is 4.79 Å². The van der Waals surface area contributed by atoms with E-state index in [0.29, 0.717) is 5.56 Å². The van der Waals surface area contributed by atoms with E-state index >= 15 is 0 Å². The number of aryl methyl sites for hydroxylation is 1. The molecule has 2 aromatic heterocycles. The van der Waals surface area contributed by atoms with Crippen LogP contribution in [0.3, 0.4) is 0 Å². The van der Waals surface area contributed by atoms with Crippen molar-refractivity contribution in [1.82, 2.24) is 9.78 Å². The van der Waals surface area contributed by atoms with Crippen LogP contribution in [0.2, 0.25) is 0 Å². The fourth-order valence-electron chi connectivity index (χ4n) is 2.15. The molecule has 0 spiro atoms. The molecule has 0 aliphatic carbocycles. The smallest absolute Gasteiger partial charge is 0.337 e. The molecule has 0 saturated carbocycles. The second kappa shape index (κ2) is 4.51. The van der Waals surface area contributed by atoms with E-state index in [9.17, 15) is 9.90 Å².